The maximum atomic E-state index is 14.3. The zero-order chi connectivity index (χ0) is 30.9. The van der Waals surface area contributed by atoms with Crippen LogP contribution in [0.5, 0.6) is 11.5 Å². The maximum Gasteiger partial charge on any atom is 0.387 e. The summed E-state index contributed by atoms with van der Waals surface area (Å²) in [4.78, 5) is 32.5. The number of hydrogen-bond acceptors (Lipinski definition) is 7. The smallest absolute Gasteiger partial charge is 0.387 e. The topological polar surface area (TPSA) is 110 Å². The van der Waals surface area contributed by atoms with Gasteiger partial charge in [-0.2, -0.15) is 8.78 Å². The number of oxime groups is 1. The molecule has 226 valence electrons. The Labute approximate surface area is 252 Å². The van der Waals surface area contributed by atoms with Crippen molar-refractivity contribution in [1.82, 2.24) is 0 Å². The monoisotopic (exact) mass is 613 g/mol. The summed E-state index contributed by atoms with van der Waals surface area (Å²) >= 11 is 6.14. The second kappa shape index (κ2) is 11.7. The number of aliphatic carboxylic acids is 1. The Kier molecular flexibility index (Phi) is 8.20. The first-order valence-corrected chi connectivity index (χ1v) is 13.9. The van der Waals surface area contributed by atoms with E-state index in [4.69, 9.17) is 21.2 Å². The number of ether oxygens (including phenoxy) is 2. The summed E-state index contributed by atoms with van der Waals surface area (Å²) in [6.07, 6.45) is 3.12. The molecule has 0 radical (unpaired) electrons. The number of rotatable bonds is 11. The van der Waals surface area contributed by atoms with Crippen LogP contribution >= 0.6 is 11.6 Å². The highest BCUT2D eigenvalue weighted by molar-refractivity contribution is 6.30. The van der Waals surface area contributed by atoms with Gasteiger partial charge in [0.1, 0.15) is 17.5 Å². The zero-order valence-corrected chi connectivity index (χ0v) is 24.4. The molecule has 1 heterocycles. The van der Waals surface area contributed by atoms with Gasteiger partial charge in [0, 0.05) is 40.4 Å². The van der Waals surface area contributed by atoms with Crippen molar-refractivity contribution in [2.45, 2.75) is 50.4 Å². The van der Waals surface area contributed by atoms with Crippen molar-refractivity contribution in [3.8, 4) is 11.5 Å². The molecule has 1 amide bonds. The van der Waals surface area contributed by atoms with E-state index in [1.54, 1.807) is 53.4 Å². The Morgan fingerprint density at radius 1 is 1.09 bits per heavy atom. The van der Waals surface area contributed by atoms with E-state index in [0.717, 1.165) is 18.4 Å². The molecular weight excluding hydrogens is 584 g/mol. The number of carboxylic acids is 1. The van der Waals surface area contributed by atoms with Gasteiger partial charge in [-0.1, -0.05) is 35.0 Å². The van der Waals surface area contributed by atoms with Crippen LogP contribution in [-0.4, -0.2) is 49.1 Å². The van der Waals surface area contributed by atoms with Crippen LogP contribution in [0.15, 0.2) is 65.8 Å². The van der Waals surface area contributed by atoms with Gasteiger partial charge in [-0.05, 0) is 68.1 Å². The molecule has 1 saturated carbocycles. The molecule has 1 aliphatic heterocycles. The van der Waals surface area contributed by atoms with Crippen molar-refractivity contribution in [3.05, 3.63) is 82.4 Å². The number of benzene rings is 3. The fraction of sp³-hybridized carbons (Fsp3) is 0.323. The minimum atomic E-state index is -2.99. The summed E-state index contributed by atoms with van der Waals surface area (Å²) < 4.78 is 36.1. The van der Waals surface area contributed by atoms with Gasteiger partial charge in [0.25, 0.3) is 5.91 Å². The van der Waals surface area contributed by atoms with Gasteiger partial charge in [-0.3, -0.25) is 4.79 Å². The molecule has 1 unspecified atom stereocenters. The Bertz CT molecular complexity index is 1560. The van der Waals surface area contributed by atoms with Gasteiger partial charge in [0.15, 0.2) is 0 Å². The first-order chi connectivity index (χ1) is 20.4. The summed E-state index contributed by atoms with van der Waals surface area (Å²) in [5, 5.41) is 16.9. The van der Waals surface area contributed by atoms with Gasteiger partial charge >= 0.3 is 12.6 Å². The standard InChI is InChI=1S/C31H30ClF2N3O6/c1-30(2,28(39)40)43-35-16-18-12-21(14-23(13-18)41-3)36-26(19-4-6-20(32)7-5-19)27(38)37-17-31(10-11-31)24-9-8-22(15-25(24)37)42-29(33)34/h4-9,12-16,26,29,36H,10-11,17H2,1-3H3,(H,39,40). The zero-order valence-electron chi connectivity index (χ0n) is 23.6. The number of nitrogens with one attached hydrogen (secondary N) is 1. The number of methoxy groups -OCH3 is 1. The first kappa shape index (κ1) is 30.1. The fourth-order valence-corrected chi connectivity index (χ4v) is 5.15. The quantitative estimate of drug-likeness (QED) is 0.190. The molecule has 0 bridgehead atoms. The molecular formula is C31H30ClF2N3O6. The third kappa shape index (κ3) is 6.51. The van der Waals surface area contributed by atoms with E-state index < -0.39 is 24.2 Å². The molecule has 1 fully saturated rings. The SMILES string of the molecule is COc1cc(C=NOC(C)(C)C(=O)O)cc(NC(C(=O)N2CC3(CC3)c3ccc(OC(F)F)cc32)c2ccc(Cl)cc2)c1. The third-order valence-electron chi connectivity index (χ3n) is 7.56. The van der Waals surface area contributed by atoms with E-state index in [9.17, 15) is 23.5 Å². The Morgan fingerprint density at radius 3 is 2.44 bits per heavy atom. The Hall–Kier alpha value is -4.38. The first-order valence-electron chi connectivity index (χ1n) is 13.5. The molecule has 3 aromatic carbocycles. The molecule has 1 spiro atoms. The molecule has 0 saturated heterocycles. The maximum absolute atomic E-state index is 14.3. The average molecular weight is 614 g/mol. The second-order valence-corrected chi connectivity index (χ2v) is 11.5. The predicted molar refractivity (Wildman–Crippen MR) is 158 cm³/mol. The van der Waals surface area contributed by atoms with Crippen LogP contribution in [0.1, 0.15) is 49.4 Å². The lowest BCUT2D eigenvalue weighted by Gasteiger charge is -2.27. The molecule has 2 aliphatic rings. The number of carbonyl (C=O) groups is 2. The molecule has 3 aromatic rings. The summed E-state index contributed by atoms with van der Waals surface area (Å²) in [5.41, 5.74) is 1.37. The number of carbonyl (C=O) groups excluding carboxylic acids is 1. The molecule has 12 heteroatoms. The fourth-order valence-electron chi connectivity index (χ4n) is 5.03. The second-order valence-electron chi connectivity index (χ2n) is 11.0. The van der Waals surface area contributed by atoms with Crippen molar-refractivity contribution < 1.29 is 37.8 Å². The average Bonchev–Trinajstić information content (AvgIpc) is 3.67. The number of nitrogens with zero attached hydrogens (tertiary/aromatic N) is 2. The summed E-state index contributed by atoms with van der Waals surface area (Å²) in [6.45, 7) is 0.169. The van der Waals surface area contributed by atoms with Gasteiger partial charge in [-0.15, -0.1) is 0 Å². The lowest BCUT2D eigenvalue weighted by Crippen LogP contribution is -2.38. The number of halogens is 3. The highest BCUT2D eigenvalue weighted by atomic mass is 35.5. The van der Waals surface area contributed by atoms with E-state index >= 15 is 0 Å². The lowest BCUT2D eigenvalue weighted by molar-refractivity contribution is -0.161. The normalized spacial score (nSPS) is 15.8. The summed E-state index contributed by atoms with van der Waals surface area (Å²) in [5.74, 6) is -1.05. The molecule has 5 rings (SSSR count). The van der Waals surface area contributed by atoms with Crippen LogP contribution in [0.2, 0.25) is 5.02 Å². The molecule has 1 atom stereocenters. The molecule has 2 N–H and O–H groups in total. The molecule has 43 heavy (non-hydrogen) atoms. The molecule has 9 nitrogen and oxygen atoms in total. The Balaban J connectivity index is 1.49. The number of hydrogen-bond donors (Lipinski definition) is 2. The Morgan fingerprint density at radius 2 is 1.81 bits per heavy atom. The van der Waals surface area contributed by atoms with Crippen LogP contribution < -0.4 is 19.7 Å². The minimum absolute atomic E-state index is 0.0229. The number of fused-ring (bicyclic) bond motifs is 2. The lowest BCUT2D eigenvalue weighted by atomic mass is 9.99. The number of carboxylic acid groups (broad SMARTS) is 1. The van der Waals surface area contributed by atoms with Crippen molar-refractivity contribution in [2.24, 2.45) is 5.16 Å². The number of anilines is 2. The highest BCUT2D eigenvalue weighted by Gasteiger charge is 2.53. The van der Waals surface area contributed by atoms with Crippen LogP contribution in [0.25, 0.3) is 0 Å². The van der Waals surface area contributed by atoms with E-state index in [0.29, 0.717) is 39.8 Å². The summed E-state index contributed by atoms with van der Waals surface area (Å²) in [7, 11) is 1.49. The minimum Gasteiger partial charge on any atom is -0.497 e. The highest BCUT2D eigenvalue weighted by Crippen LogP contribution is 2.57. The van der Waals surface area contributed by atoms with Crippen LogP contribution in [0.3, 0.4) is 0 Å². The van der Waals surface area contributed by atoms with Crippen molar-refractivity contribution in [2.75, 3.05) is 23.9 Å². The van der Waals surface area contributed by atoms with Gasteiger partial charge in [0.2, 0.25) is 5.60 Å². The van der Waals surface area contributed by atoms with Crippen molar-refractivity contribution in [1.29, 1.82) is 0 Å². The third-order valence-corrected chi connectivity index (χ3v) is 7.81. The van der Waals surface area contributed by atoms with Crippen LogP contribution in [0.4, 0.5) is 20.2 Å². The molecule has 0 aromatic heterocycles. The van der Waals surface area contributed by atoms with Crippen LogP contribution in [-0.2, 0) is 19.8 Å². The van der Waals surface area contributed by atoms with Gasteiger partial charge < -0.3 is 29.6 Å². The number of amides is 1. The largest absolute Gasteiger partial charge is 0.497 e. The van der Waals surface area contributed by atoms with E-state index in [2.05, 4.69) is 15.2 Å². The van der Waals surface area contributed by atoms with Crippen LogP contribution in [0, 0.1) is 0 Å². The predicted octanol–water partition coefficient (Wildman–Crippen LogP) is 6.40. The van der Waals surface area contributed by atoms with E-state index in [1.807, 2.05) is 0 Å². The molecule has 1 aliphatic carbocycles. The van der Waals surface area contributed by atoms with Crippen molar-refractivity contribution in [3.63, 3.8) is 0 Å². The van der Waals surface area contributed by atoms with Crippen molar-refractivity contribution >= 4 is 41.1 Å². The summed E-state index contributed by atoms with van der Waals surface area (Å²) in [6, 6.07) is 15.8. The number of alkyl halides is 2. The van der Waals surface area contributed by atoms with Gasteiger partial charge in [-0.25, -0.2) is 4.79 Å². The van der Waals surface area contributed by atoms with E-state index in [-0.39, 0.29) is 17.1 Å². The van der Waals surface area contributed by atoms with Gasteiger partial charge in [0.05, 0.1) is 19.0 Å². The van der Waals surface area contributed by atoms with E-state index in [1.165, 1.54) is 39.3 Å².